The summed E-state index contributed by atoms with van der Waals surface area (Å²) in [5, 5.41) is 2.43. The molecule has 0 spiro atoms. The Morgan fingerprint density at radius 2 is 1.92 bits per heavy atom. The zero-order chi connectivity index (χ0) is 9.10. The summed E-state index contributed by atoms with van der Waals surface area (Å²) in [6.07, 6.45) is 8.52. The van der Waals surface area contributed by atoms with E-state index in [0.717, 1.165) is 5.92 Å². The molecule has 1 aliphatic heterocycles. The molecule has 2 nitrogen and oxygen atoms in total. The van der Waals surface area contributed by atoms with E-state index in [2.05, 4.69) is 17.4 Å². The summed E-state index contributed by atoms with van der Waals surface area (Å²) in [5.74, 6) is 1.05. The van der Waals surface area contributed by atoms with Crippen LogP contribution in [0.2, 0.25) is 0 Å². The first kappa shape index (κ1) is 9.47. The van der Waals surface area contributed by atoms with E-state index < -0.39 is 0 Å². The van der Waals surface area contributed by atoms with Crippen molar-refractivity contribution in [3.05, 3.63) is 0 Å². The van der Waals surface area contributed by atoms with Crippen molar-refractivity contribution in [2.45, 2.75) is 51.5 Å². The largest absolute Gasteiger partial charge is 0.252 e. The lowest BCUT2D eigenvalue weighted by Gasteiger charge is -2.30. The normalized spacial score (nSPS) is 27.5. The standard InChI is InChI=1S/C11H22N2/c1-10(9-11-5-6-11)12-13-7-3-2-4-8-13/h10-12H,2-9H2,1H3. The molecule has 1 heterocycles. The van der Waals surface area contributed by atoms with E-state index in [1.807, 2.05) is 0 Å². The second-order valence-electron chi connectivity index (χ2n) is 4.76. The van der Waals surface area contributed by atoms with E-state index in [-0.39, 0.29) is 0 Å². The predicted octanol–water partition coefficient (Wildman–Crippen LogP) is 2.17. The Morgan fingerprint density at radius 3 is 2.54 bits per heavy atom. The van der Waals surface area contributed by atoms with Crippen LogP contribution in [0, 0.1) is 5.92 Å². The molecule has 0 aromatic carbocycles. The summed E-state index contributed by atoms with van der Waals surface area (Å²) < 4.78 is 0. The van der Waals surface area contributed by atoms with E-state index in [9.17, 15) is 0 Å². The molecule has 1 aliphatic carbocycles. The maximum absolute atomic E-state index is 3.62. The maximum Gasteiger partial charge on any atom is 0.0189 e. The first-order chi connectivity index (χ1) is 6.34. The van der Waals surface area contributed by atoms with Crippen molar-refractivity contribution in [3.63, 3.8) is 0 Å². The quantitative estimate of drug-likeness (QED) is 0.717. The summed E-state index contributed by atoms with van der Waals surface area (Å²) in [6.45, 7) is 4.84. The average Bonchev–Trinajstić information content (AvgIpc) is 2.90. The Balaban J connectivity index is 1.62. The molecule has 1 saturated carbocycles. The van der Waals surface area contributed by atoms with Gasteiger partial charge >= 0.3 is 0 Å². The van der Waals surface area contributed by atoms with Gasteiger partial charge in [-0.2, -0.15) is 0 Å². The van der Waals surface area contributed by atoms with Gasteiger partial charge in [-0.1, -0.05) is 19.3 Å². The third kappa shape index (κ3) is 3.28. The van der Waals surface area contributed by atoms with Gasteiger partial charge in [0.25, 0.3) is 0 Å². The van der Waals surface area contributed by atoms with Crippen molar-refractivity contribution in [1.29, 1.82) is 0 Å². The molecular formula is C11H22N2. The van der Waals surface area contributed by atoms with Crippen LogP contribution in [0.1, 0.15) is 45.4 Å². The number of nitrogens with one attached hydrogen (secondary N) is 1. The summed E-state index contributed by atoms with van der Waals surface area (Å²) >= 11 is 0. The van der Waals surface area contributed by atoms with Crippen molar-refractivity contribution in [1.82, 2.24) is 10.4 Å². The van der Waals surface area contributed by atoms with Crippen LogP contribution in [0.5, 0.6) is 0 Å². The molecule has 1 saturated heterocycles. The van der Waals surface area contributed by atoms with E-state index in [1.165, 1.54) is 51.6 Å². The molecule has 2 aliphatic rings. The van der Waals surface area contributed by atoms with E-state index >= 15 is 0 Å². The topological polar surface area (TPSA) is 15.3 Å². The van der Waals surface area contributed by atoms with Gasteiger partial charge < -0.3 is 0 Å². The van der Waals surface area contributed by atoms with E-state index in [1.54, 1.807) is 0 Å². The van der Waals surface area contributed by atoms with Crippen molar-refractivity contribution in [2.24, 2.45) is 5.92 Å². The molecule has 2 rings (SSSR count). The molecular weight excluding hydrogens is 160 g/mol. The highest BCUT2D eigenvalue weighted by Crippen LogP contribution is 2.33. The SMILES string of the molecule is CC(CC1CC1)NN1CCCCC1. The third-order valence-corrected chi connectivity index (χ3v) is 3.14. The molecule has 76 valence electrons. The average molecular weight is 182 g/mol. The number of hydrogen-bond donors (Lipinski definition) is 1. The van der Waals surface area contributed by atoms with Gasteiger partial charge in [0.2, 0.25) is 0 Å². The van der Waals surface area contributed by atoms with Crippen molar-refractivity contribution < 1.29 is 0 Å². The molecule has 1 N–H and O–H groups in total. The number of nitrogens with zero attached hydrogens (tertiary/aromatic N) is 1. The van der Waals surface area contributed by atoms with Crippen molar-refractivity contribution in [3.8, 4) is 0 Å². The molecule has 0 amide bonds. The molecule has 0 bridgehead atoms. The molecule has 2 fully saturated rings. The van der Waals surface area contributed by atoms with Gasteiger partial charge in [0.1, 0.15) is 0 Å². The van der Waals surface area contributed by atoms with Crippen molar-refractivity contribution in [2.75, 3.05) is 13.1 Å². The second kappa shape index (κ2) is 4.43. The van der Waals surface area contributed by atoms with E-state index in [0.29, 0.717) is 6.04 Å². The first-order valence-electron chi connectivity index (χ1n) is 5.86. The lowest BCUT2D eigenvalue weighted by atomic mass is 10.1. The smallest absolute Gasteiger partial charge is 0.0189 e. The molecule has 1 atom stereocenters. The van der Waals surface area contributed by atoms with Crippen molar-refractivity contribution >= 4 is 0 Å². The number of piperidine rings is 1. The maximum atomic E-state index is 3.62. The number of hydrogen-bond acceptors (Lipinski definition) is 2. The summed E-state index contributed by atoms with van der Waals surface area (Å²) in [5.41, 5.74) is 3.62. The molecule has 1 unspecified atom stereocenters. The Hall–Kier alpha value is -0.0800. The van der Waals surface area contributed by atoms with Crippen LogP contribution in [0.4, 0.5) is 0 Å². The van der Waals surface area contributed by atoms with Gasteiger partial charge in [0.05, 0.1) is 0 Å². The second-order valence-corrected chi connectivity index (χ2v) is 4.76. The molecule has 0 radical (unpaired) electrons. The fraction of sp³-hybridized carbons (Fsp3) is 1.00. The van der Waals surface area contributed by atoms with Crippen LogP contribution in [0.25, 0.3) is 0 Å². The van der Waals surface area contributed by atoms with Crippen LogP contribution in [0.3, 0.4) is 0 Å². The summed E-state index contributed by atoms with van der Waals surface area (Å²) in [6, 6.07) is 0.700. The monoisotopic (exact) mass is 182 g/mol. The van der Waals surface area contributed by atoms with Crippen LogP contribution < -0.4 is 5.43 Å². The van der Waals surface area contributed by atoms with Gasteiger partial charge in [-0.05, 0) is 32.1 Å². The highest BCUT2D eigenvalue weighted by atomic mass is 15.5. The highest BCUT2D eigenvalue weighted by Gasteiger charge is 2.24. The summed E-state index contributed by atoms with van der Waals surface area (Å²) in [7, 11) is 0. The summed E-state index contributed by atoms with van der Waals surface area (Å²) in [4.78, 5) is 0. The van der Waals surface area contributed by atoms with Crippen LogP contribution in [0.15, 0.2) is 0 Å². The van der Waals surface area contributed by atoms with Crippen LogP contribution in [-0.2, 0) is 0 Å². The Morgan fingerprint density at radius 1 is 1.23 bits per heavy atom. The lowest BCUT2D eigenvalue weighted by Crippen LogP contribution is -2.46. The lowest BCUT2D eigenvalue weighted by molar-refractivity contribution is 0.128. The minimum Gasteiger partial charge on any atom is -0.252 e. The zero-order valence-electron chi connectivity index (χ0n) is 8.76. The Kier molecular flexibility index (Phi) is 3.23. The van der Waals surface area contributed by atoms with Gasteiger partial charge in [0.15, 0.2) is 0 Å². The third-order valence-electron chi connectivity index (χ3n) is 3.14. The fourth-order valence-corrected chi connectivity index (χ4v) is 2.24. The highest BCUT2D eigenvalue weighted by molar-refractivity contribution is 4.77. The minimum atomic E-state index is 0.700. The minimum absolute atomic E-state index is 0.700. The van der Waals surface area contributed by atoms with Gasteiger partial charge in [-0.3, -0.25) is 5.43 Å². The van der Waals surface area contributed by atoms with Crippen LogP contribution in [-0.4, -0.2) is 24.1 Å². The molecule has 0 aromatic rings. The van der Waals surface area contributed by atoms with Gasteiger partial charge in [0, 0.05) is 19.1 Å². The Bertz CT molecular complexity index is 148. The molecule has 13 heavy (non-hydrogen) atoms. The number of rotatable bonds is 4. The van der Waals surface area contributed by atoms with Crippen LogP contribution >= 0.6 is 0 Å². The van der Waals surface area contributed by atoms with Gasteiger partial charge in [-0.25, -0.2) is 5.01 Å². The first-order valence-corrected chi connectivity index (χ1v) is 5.86. The zero-order valence-corrected chi connectivity index (χ0v) is 8.76. The molecule has 2 heteroatoms. The van der Waals surface area contributed by atoms with Gasteiger partial charge in [-0.15, -0.1) is 0 Å². The fourth-order valence-electron chi connectivity index (χ4n) is 2.24. The Labute approximate surface area is 81.7 Å². The predicted molar refractivity (Wildman–Crippen MR) is 55.4 cm³/mol. The van der Waals surface area contributed by atoms with E-state index in [4.69, 9.17) is 0 Å². The molecule has 0 aromatic heterocycles. The number of hydrazine groups is 1.